The zero-order valence-electron chi connectivity index (χ0n) is 14.0. The standard InChI is InChI=1S/C18H36N2/c1-15(2)16-8-7-12-18(14-19,13-11-16)20(3)17-9-5-4-6-10-17/h15-17H,4-14,19H2,1-3H3. The van der Waals surface area contributed by atoms with Crippen LogP contribution in [0, 0.1) is 11.8 Å². The Morgan fingerprint density at radius 1 is 1.00 bits per heavy atom. The van der Waals surface area contributed by atoms with Gasteiger partial charge in [0.2, 0.25) is 0 Å². The van der Waals surface area contributed by atoms with Gasteiger partial charge in [-0.3, -0.25) is 4.90 Å². The number of nitrogens with zero attached hydrogens (tertiary/aromatic N) is 1. The molecular weight excluding hydrogens is 244 g/mol. The predicted molar refractivity (Wildman–Crippen MR) is 87.8 cm³/mol. The Balaban J connectivity index is 2.03. The largest absolute Gasteiger partial charge is 0.329 e. The summed E-state index contributed by atoms with van der Waals surface area (Å²) in [5.41, 5.74) is 6.59. The number of nitrogens with two attached hydrogens (primary N) is 1. The first-order chi connectivity index (χ1) is 9.59. The molecule has 0 radical (unpaired) electrons. The van der Waals surface area contributed by atoms with Crippen LogP contribution in [0.1, 0.15) is 78.1 Å². The van der Waals surface area contributed by atoms with E-state index in [1.807, 2.05) is 0 Å². The maximum Gasteiger partial charge on any atom is 0.0331 e. The summed E-state index contributed by atoms with van der Waals surface area (Å²) in [7, 11) is 2.37. The molecule has 0 aromatic carbocycles. The lowest BCUT2D eigenvalue weighted by Crippen LogP contribution is -2.56. The highest BCUT2D eigenvalue weighted by molar-refractivity contribution is 4.96. The first-order valence-corrected chi connectivity index (χ1v) is 9.02. The van der Waals surface area contributed by atoms with E-state index < -0.39 is 0 Å². The van der Waals surface area contributed by atoms with E-state index >= 15 is 0 Å². The third-order valence-corrected chi connectivity index (χ3v) is 6.39. The second kappa shape index (κ2) is 7.26. The maximum atomic E-state index is 6.30. The van der Waals surface area contributed by atoms with Crippen LogP contribution >= 0.6 is 0 Å². The smallest absolute Gasteiger partial charge is 0.0331 e. The van der Waals surface area contributed by atoms with Crippen molar-refractivity contribution in [2.45, 2.75) is 89.6 Å². The van der Waals surface area contributed by atoms with Gasteiger partial charge in [0.1, 0.15) is 0 Å². The Morgan fingerprint density at radius 2 is 1.70 bits per heavy atom. The predicted octanol–water partition coefficient (Wildman–Crippen LogP) is 4.18. The van der Waals surface area contributed by atoms with Crippen LogP contribution in [0.5, 0.6) is 0 Å². The molecule has 0 bridgehead atoms. The topological polar surface area (TPSA) is 29.3 Å². The summed E-state index contributed by atoms with van der Waals surface area (Å²) in [6, 6.07) is 0.794. The molecule has 0 spiro atoms. The molecule has 0 amide bonds. The summed E-state index contributed by atoms with van der Waals surface area (Å²) >= 11 is 0. The van der Waals surface area contributed by atoms with Crippen molar-refractivity contribution in [3.05, 3.63) is 0 Å². The van der Waals surface area contributed by atoms with Gasteiger partial charge < -0.3 is 5.73 Å². The molecule has 2 fully saturated rings. The highest BCUT2D eigenvalue weighted by atomic mass is 15.2. The molecule has 0 aromatic heterocycles. The van der Waals surface area contributed by atoms with E-state index in [1.165, 1.54) is 64.2 Å². The SMILES string of the molecule is CC(C)C1CCCC(CN)(N(C)C2CCCCC2)CC1. The summed E-state index contributed by atoms with van der Waals surface area (Å²) in [6.07, 6.45) is 13.9. The fourth-order valence-electron chi connectivity index (χ4n) is 4.64. The third kappa shape index (κ3) is 3.57. The highest BCUT2D eigenvalue weighted by Crippen LogP contribution is 2.39. The minimum atomic E-state index is 0.297. The lowest BCUT2D eigenvalue weighted by molar-refractivity contribution is 0.0438. The first kappa shape index (κ1) is 16.3. The molecule has 2 nitrogen and oxygen atoms in total. The fraction of sp³-hybridized carbons (Fsp3) is 1.00. The van der Waals surface area contributed by atoms with Crippen LogP contribution < -0.4 is 5.73 Å². The van der Waals surface area contributed by atoms with Crippen LogP contribution in [0.15, 0.2) is 0 Å². The van der Waals surface area contributed by atoms with Crippen molar-refractivity contribution in [1.29, 1.82) is 0 Å². The van der Waals surface area contributed by atoms with Crippen molar-refractivity contribution in [1.82, 2.24) is 4.90 Å². The van der Waals surface area contributed by atoms with Crippen molar-refractivity contribution in [3.8, 4) is 0 Å². The van der Waals surface area contributed by atoms with Gasteiger partial charge in [-0.25, -0.2) is 0 Å². The molecular formula is C18H36N2. The number of rotatable bonds is 4. The van der Waals surface area contributed by atoms with Crippen LogP contribution in [0.3, 0.4) is 0 Å². The second-order valence-electron chi connectivity index (χ2n) is 7.77. The van der Waals surface area contributed by atoms with E-state index in [2.05, 4.69) is 25.8 Å². The Labute approximate surface area is 126 Å². The Hall–Kier alpha value is -0.0800. The van der Waals surface area contributed by atoms with E-state index in [-0.39, 0.29) is 0 Å². The van der Waals surface area contributed by atoms with Gasteiger partial charge in [-0.15, -0.1) is 0 Å². The van der Waals surface area contributed by atoms with E-state index in [4.69, 9.17) is 5.73 Å². The average molecular weight is 280 g/mol. The summed E-state index contributed by atoms with van der Waals surface area (Å²) in [5, 5.41) is 0. The molecule has 118 valence electrons. The molecule has 2 N–H and O–H groups in total. The zero-order chi connectivity index (χ0) is 14.6. The zero-order valence-corrected chi connectivity index (χ0v) is 14.0. The van der Waals surface area contributed by atoms with Gasteiger partial charge in [-0.2, -0.15) is 0 Å². The number of hydrogen-bond acceptors (Lipinski definition) is 2. The van der Waals surface area contributed by atoms with Gasteiger partial charge in [-0.05, 0) is 51.0 Å². The highest BCUT2D eigenvalue weighted by Gasteiger charge is 2.39. The molecule has 2 saturated carbocycles. The molecule has 0 aliphatic heterocycles. The van der Waals surface area contributed by atoms with E-state index in [0.29, 0.717) is 5.54 Å². The van der Waals surface area contributed by atoms with Crippen molar-refractivity contribution >= 4 is 0 Å². The van der Waals surface area contributed by atoms with Crippen LogP contribution in [0.25, 0.3) is 0 Å². The molecule has 0 aromatic rings. The van der Waals surface area contributed by atoms with Gasteiger partial charge in [0, 0.05) is 18.1 Å². The molecule has 2 aliphatic rings. The number of hydrogen-bond donors (Lipinski definition) is 1. The van der Waals surface area contributed by atoms with Gasteiger partial charge in [-0.1, -0.05) is 46.0 Å². The average Bonchev–Trinajstić information content (AvgIpc) is 2.71. The normalized spacial score (nSPS) is 33.6. The van der Waals surface area contributed by atoms with Gasteiger partial charge in [0.05, 0.1) is 0 Å². The summed E-state index contributed by atoms with van der Waals surface area (Å²) in [6.45, 7) is 5.64. The van der Waals surface area contributed by atoms with E-state index in [1.54, 1.807) is 0 Å². The minimum Gasteiger partial charge on any atom is -0.329 e. The molecule has 0 heterocycles. The third-order valence-electron chi connectivity index (χ3n) is 6.39. The van der Waals surface area contributed by atoms with Gasteiger partial charge in [0.15, 0.2) is 0 Å². The van der Waals surface area contributed by atoms with Crippen LogP contribution in [-0.2, 0) is 0 Å². The Bertz CT molecular complexity index is 283. The summed E-state index contributed by atoms with van der Waals surface area (Å²) < 4.78 is 0. The van der Waals surface area contributed by atoms with E-state index in [0.717, 1.165) is 24.4 Å². The quantitative estimate of drug-likeness (QED) is 0.783. The lowest BCUT2D eigenvalue weighted by atomic mass is 9.83. The van der Waals surface area contributed by atoms with Crippen molar-refractivity contribution in [3.63, 3.8) is 0 Å². The molecule has 20 heavy (non-hydrogen) atoms. The minimum absolute atomic E-state index is 0.297. The van der Waals surface area contributed by atoms with Crippen LogP contribution in [-0.4, -0.2) is 30.1 Å². The molecule has 2 aliphatic carbocycles. The first-order valence-electron chi connectivity index (χ1n) is 9.02. The van der Waals surface area contributed by atoms with Crippen molar-refractivity contribution in [2.75, 3.05) is 13.6 Å². The monoisotopic (exact) mass is 280 g/mol. The van der Waals surface area contributed by atoms with E-state index in [9.17, 15) is 0 Å². The van der Waals surface area contributed by atoms with Crippen molar-refractivity contribution in [2.24, 2.45) is 17.6 Å². The maximum absolute atomic E-state index is 6.30. The van der Waals surface area contributed by atoms with Crippen LogP contribution in [0.2, 0.25) is 0 Å². The lowest BCUT2D eigenvalue weighted by Gasteiger charge is -2.46. The second-order valence-corrected chi connectivity index (χ2v) is 7.77. The van der Waals surface area contributed by atoms with Crippen molar-refractivity contribution < 1.29 is 0 Å². The number of likely N-dealkylation sites (N-methyl/N-ethyl adjacent to an activating group) is 1. The molecule has 2 atom stereocenters. The molecule has 0 saturated heterocycles. The summed E-state index contributed by atoms with van der Waals surface area (Å²) in [5.74, 6) is 1.76. The molecule has 2 rings (SSSR count). The van der Waals surface area contributed by atoms with Gasteiger partial charge in [0.25, 0.3) is 0 Å². The molecule has 2 unspecified atom stereocenters. The summed E-state index contributed by atoms with van der Waals surface area (Å²) in [4.78, 5) is 2.72. The van der Waals surface area contributed by atoms with Crippen LogP contribution in [0.4, 0.5) is 0 Å². The fourth-order valence-corrected chi connectivity index (χ4v) is 4.64. The van der Waals surface area contributed by atoms with Gasteiger partial charge >= 0.3 is 0 Å². The Kier molecular flexibility index (Phi) is 5.92. The molecule has 2 heteroatoms. The Morgan fingerprint density at radius 3 is 2.30 bits per heavy atom.